The summed E-state index contributed by atoms with van der Waals surface area (Å²) in [5.41, 5.74) is 1.93. The van der Waals surface area contributed by atoms with Crippen molar-refractivity contribution in [3.05, 3.63) is 69.2 Å². The average Bonchev–Trinajstić information content (AvgIpc) is 2.64. The van der Waals surface area contributed by atoms with Crippen molar-refractivity contribution in [1.82, 2.24) is 0 Å². The molecule has 2 aromatic rings. The Balaban J connectivity index is 2.75. The fourth-order valence-electron chi connectivity index (χ4n) is 2.69. The fourth-order valence-corrected chi connectivity index (χ4v) is 3.62. The predicted octanol–water partition coefficient (Wildman–Crippen LogP) is 4.14. The maximum atomic E-state index is 12.6. The van der Waals surface area contributed by atoms with E-state index in [2.05, 4.69) is 0 Å². The first kappa shape index (κ1) is 22.4. The number of carbonyl (C=O) groups is 1. The van der Waals surface area contributed by atoms with Gasteiger partial charge in [-0.1, -0.05) is 41.4 Å². The van der Waals surface area contributed by atoms with Gasteiger partial charge in [0.15, 0.2) is 9.84 Å². The highest BCUT2D eigenvalue weighted by molar-refractivity contribution is 7.90. The van der Waals surface area contributed by atoms with Gasteiger partial charge in [0.25, 0.3) is 0 Å². The lowest BCUT2D eigenvalue weighted by Gasteiger charge is -2.16. The first-order valence-corrected chi connectivity index (χ1v) is 11.1. The van der Waals surface area contributed by atoms with E-state index in [4.69, 9.17) is 27.9 Å². The molecule has 1 N–H and O–H groups in total. The van der Waals surface area contributed by atoms with Gasteiger partial charge in [0.2, 0.25) is 0 Å². The molecule has 0 saturated carbocycles. The van der Waals surface area contributed by atoms with Crippen LogP contribution in [0.25, 0.3) is 5.57 Å². The number of aliphatic hydroxyl groups is 1. The molecule has 2 aromatic carbocycles. The third kappa shape index (κ3) is 5.35. The molecule has 0 bridgehead atoms. The largest absolute Gasteiger partial charge is 0.463 e. The zero-order valence-electron chi connectivity index (χ0n) is 15.4. The minimum absolute atomic E-state index is 0.0578. The normalized spacial score (nSPS) is 12.5. The molecule has 0 saturated heterocycles. The Morgan fingerprint density at radius 2 is 1.64 bits per heavy atom. The number of carbonyl (C=O) groups excluding carboxylic acids is 1. The molecule has 0 aliphatic heterocycles. The van der Waals surface area contributed by atoms with Crippen molar-refractivity contribution >= 4 is 44.6 Å². The standard InChI is InChI=1S/C20H20Cl2O5S/c1-3-27-20(24)16(10-11-23)19(14-6-9-17(21)18(22)12-14)13-4-7-15(8-5-13)28(2,25)26/h4-9,12,23H,3,10-11H2,1-2H3/b19-16+. The third-order valence-electron chi connectivity index (χ3n) is 3.96. The maximum absolute atomic E-state index is 12.6. The van der Waals surface area contributed by atoms with E-state index in [1.165, 1.54) is 12.1 Å². The number of benzene rings is 2. The summed E-state index contributed by atoms with van der Waals surface area (Å²) in [4.78, 5) is 12.7. The molecule has 0 unspecified atom stereocenters. The van der Waals surface area contributed by atoms with Crippen LogP contribution >= 0.6 is 23.2 Å². The Labute approximate surface area is 174 Å². The Hall–Kier alpha value is -1.86. The summed E-state index contributed by atoms with van der Waals surface area (Å²) >= 11 is 12.2. The van der Waals surface area contributed by atoms with Crippen LogP contribution in [0.1, 0.15) is 24.5 Å². The zero-order chi connectivity index (χ0) is 20.9. The number of esters is 1. The topological polar surface area (TPSA) is 80.7 Å². The summed E-state index contributed by atoms with van der Waals surface area (Å²) in [6, 6.07) is 11.0. The number of ether oxygens (including phenoxy) is 1. The minimum atomic E-state index is -3.36. The van der Waals surface area contributed by atoms with Crippen molar-refractivity contribution in [1.29, 1.82) is 0 Å². The van der Waals surface area contributed by atoms with E-state index in [1.807, 2.05) is 0 Å². The summed E-state index contributed by atoms with van der Waals surface area (Å²) < 4.78 is 28.6. The minimum Gasteiger partial charge on any atom is -0.463 e. The number of rotatable bonds is 7. The fraction of sp³-hybridized carbons (Fsp3) is 0.250. The quantitative estimate of drug-likeness (QED) is 0.514. The summed E-state index contributed by atoms with van der Waals surface area (Å²) in [5, 5.41) is 10.1. The molecule has 28 heavy (non-hydrogen) atoms. The van der Waals surface area contributed by atoms with E-state index >= 15 is 0 Å². The van der Waals surface area contributed by atoms with Gasteiger partial charge in [-0.05, 0) is 47.9 Å². The molecular formula is C20H20Cl2O5S. The molecule has 2 rings (SSSR count). The van der Waals surface area contributed by atoms with Crippen LogP contribution in [-0.2, 0) is 19.4 Å². The lowest BCUT2D eigenvalue weighted by Crippen LogP contribution is -2.12. The van der Waals surface area contributed by atoms with E-state index < -0.39 is 15.8 Å². The van der Waals surface area contributed by atoms with E-state index in [-0.39, 0.29) is 30.1 Å². The highest BCUT2D eigenvalue weighted by Crippen LogP contribution is 2.33. The molecule has 150 valence electrons. The second-order valence-corrected chi connectivity index (χ2v) is 8.80. The SMILES string of the molecule is CCOC(=O)/C(CCO)=C(\c1ccc(S(C)(=O)=O)cc1)c1ccc(Cl)c(Cl)c1. The van der Waals surface area contributed by atoms with Crippen LogP contribution in [0.4, 0.5) is 0 Å². The Morgan fingerprint density at radius 3 is 2.14 bits per heavy atom. The zero-order valence-corrected chi connectivity index (χ0v) is 17.7. The van der Waals surface area contributed by atoms with Gasteiger partial charge in [-0.25, -0.2) is 13.2 Å². The Kier molecular flexibility index (Phi) is 7.66. The molecule has 0 heterocycles. The highest BCUT2D eigenvalue weighted by Gasteiger charge is 2.20. The van der Waals surface area contributed by atoms with Crippen LogP contribution in [0, 0.1) is 0 Å². The lowest BCUT2D eigenvalue weighted by atomic mass is 9.91. The van der Waals surface area contributed by atoms with Crippen molar-refractivity contribution in [2.45, 2.75) is 18.2 Å². The maximum Gasteiger partial charge on any atom is 0.334 e. The van der Waals surface area contributed by atoms with Gasteiger partial charge >= 0.3 is 5.97 Å². The van der Waals surface area contributed by atoms with E-state index in [0.29, 0.717) is 26.7 Å². The van der Waals surface area contributed by atoms with Crippen LogP contribution in [0.15, 0.2) is 52.9 Å². The van der Waals surface area contributed by atoms with Gasteiger partial charge in [0, 0.05) is 24.9 Å². The Bertz CT molecular complexity index is 996. The summed E-state index contributed by atoms with van der Waals surface area (Å²) in [6.45, 7) is 1.60. The summed E-state index contributed by atoms with van der Waals surface area (Å²) in [7, 11) is -3.36. The molecule has 0 aromatic heterocycles. The molecular weight excluding hydrogens is 423 g/mol. The number of halogens is 2. The average molecular weight is 443 g/mol. The summed E-state index contributed by atoms with van der Waals surface area (Å²) in [5.74, 6) is -0.565. The van der Waals surface area contributed by atoms with E-state index in [9.17, 15) is 18.3 Å². The highest BCUT2D eigenvalue weighted by atomic mass is 35.5. The van der Waals surface area contributed by atoms with E-state index in [0.717, 1.165) is 6.26 Å². The first-order valence-electron chi connectivity index (χ1n) is 8.46. The number of sulfone groups is 1. The molecule has 5 nitrogen and oxygen atoms in total. The van der Waals surface area contributed by atoms with Gasteiger partial charge in [-0.2, -0.15) is 0 Å². The number of hydrogen-bond acceptors (Lipinski definition) is 5. The second-order valence-electron chi connectivity index (χ2n) is 5.97. The molecule has 0 fully saturated rings. The van der Waals surface area contributed by atoms with Gasteiger partial charge < -0.3 is 9.84 Å². The van der Waals surface area contributed by atoms with Crippen LogP contribution in [0.3, 0.4) is 0 Å². The summed E-state index contributed by atoms with van der Waals surface area (Å²) in [6.07, 6.45) is 1.18. The molecule has 0 atom stereocenters. The van der Waals surface area contributed by atoms with E-state index in [1.54, 1.807) is 37.3 Å². The predicted molar refractivity (Wildman–Crippen MR) is 110 cm³/mol. The third-order valence-corrected chi connectivity index (χ3v) is 5.83. The monoisotopic (exact) mass is 442 g/mol. The first-order chi connectivity index (χ1) is 13.2. The second kappa shape index (κ2) is 9.56. The molecule has 0 radical (unpaired) electrons. The van der Waals surface area contributed by atoms with Gasteiger partial charge in [-0.3, -0.25) is 0 Å². The van der Waals surface area contributed by atoms with Crippen molar-refractivity contribution in [3.8, 4) is 0 Å². The van der Waals surface area contributed by atoms with Crippen molar-refractivity contribution in [2.24, 2.45) is 0 Å². The smallest absolute Gasteiger partial charge is 0.334 e. The Morgan fingerprint density at radius 1 is 1.04 bits per heavy atom. The molecule has 0 amide bonds. The van der Waals surface area contributed by atoms with Crippen LogP contribution in [-0.4, -0.2) is 39.0 Å². The van der Waals surface area contributed by atoms with Crippen LogP contribution < -0.4 is 0 Å². The van der Waals surface area contributed by atoms with Gasteiger partial charge in [0.1, 0.15) is 0 Å². The molecule has 0 aliphatic carbocycles. The lowest BCUT2D eigenvalue weighted by molar-refractivity contribution is -0.138. The van der Waals surface area contributed by atoms with Crippen LogP contribution in [0.2, 0.25) is 10.0 Å². The molecule has 0 aliphatic rings. The van der Waals surface area contributed by atoms with Crippen molar-refractivity contribution in [3.63, 3.8) is 0 Å². The van der Waals surface area contributed by atoms with Gasteiger partial charge in [0.05, 0.1) is 21.5 Å². The van der Waals surface area contributed by atoms with Crippen molar-refractivity contribution < 1.29 is 23.1 Å². The van der Waals surface area contributed by atoms with Crippen molar-refractivity contribution in [2.75, 3.05) is 19.5 Å². The van der Waals surface area contributed by atoms with Crippen LogP contribution in [0.5, 0.6) is 0 Å². The number of aliphatic hydroxyl groups excluding tert-OH is 1. The molecule has 0 spiro atoms. The van der Waals surface area contributed by atoms with Gasteiger partial charge in [-0.15, -0.1) is 0 Å². The number of hydrogen-bond donors (Lipinski definition) is 1. The molecule has 8 heteroatoms.